The Hall–Kier alpha value is -2.70. The number of carbonyl (C=O) groups is 1. The molecule has 0 aliphatic carbocycles. The maximum atomic E-state index is 13.2. The average molecular weight is 409 g/mol. The zero-order valence-corrected chi connectivity index (χ0v) is 17.0. The molecule has 0 saturated heterocycles. The molecule has 2 aliphatic heterocycles. The first-order valence-corrected chi connectivity index (χ1v) is 11.5. The molecule has 5 nitrogen and oxygen atoms in total. The van der Waals surface area contributed by atoms with Gasteiger partial charge in [-0.3, -0.25) is 9.69 Å². The molecule has 1 unspecified atom stereocenters. The first kappa shape index (κ1) is 19.6. The topological polar surface area (TPSA) is 57.7 Å². The largest absolute Gasteiger partial charge is 0.303 e. The predicted octanol–water partition coefficient (Wildman–Crippen LogP) is 3.12. The van der Waals surface area contributed by atoms with Crippen molar-refractivity contribution in [1.29, 1.82) is 0 Å². The summed E-state index contributed by atoms with van der Waals surface area (Å²) in [6, 6.07) is 19.1. The zero-order valence-electron chi connectivity index (χ0n) is 16.1. The molecule has 0 fully saturated rings. The van der Waals surface area contributed by atoms with Gasteiger partial charge in [-0.25, -0.2) is 8.42 Å². The fourth-order valence-corrected chi connectivity index (χ4v) is 5.13. The van der Waals surface area contributed by atoms with Crippen LogP contribution >= 0.6 is 0 Å². The maximum Gasteiger partial charge on any atom is 0.241 e. The second-order valence-electron chi connectivity index (χ2n) is 7.41. The predicted molar refractivity (Wildman–Crippen MR) is 116 cm³/mol. The second kappa shape index (κ2) is 8.35. The summed E-state index contributed by atoms with van der Waals surface area (Å²) in [7, 11) is -3.25. The van der Waals surface area contributed by atoms with Gasteiger partial charge in [-0.2, -0.15) is 0 Å². The molecule has 2 aromatic carbocycles. The van der Waals surface area contributed by atoms with Crippen molar-refractivity contribution in [2.75, 3.05) is 30.3 Å². The van der Waals surface area contributed by atoms with Gasteiger partial charge in [0.05, 0.1) is 18.3 Å². The van der Waals surface area contributed by atoms with E-state index < -0.39 is 15.9 Å². The van der Waals surface area contributed by atoms with E-state index in [4.69, 9.17) is 0 Å². The number of para-hydroxylation sites is 1. The summed E-state index contributed by atoms with van der Waals surface area (Å²) >= 11 is 0. The lowest BCUT2D eigenvalue weighted by molar-refractivity contribution is -0.119. The van der Waals surface area contributed by atoms with Gasteiger partial charge in [-0.1, -0.05) is 54.6 Å². The minimum atomic E-state index is -3.25. The normalized spacial score (nSPS) is 21.0. The van der Waals surface area contributed by atoms with Crippen LogP contribution in [0.1, 0.15) is 12.0 Å². The number of nitrogens with zero attached hydrogens (tertiary/aromatic N) is 2. The standard InChI is InChI=1S/C23H24N2O3S/c26-23(17-24-14-11-20(12-15-24)19-7-3-1-4-8-19)25(21-9-5-2-6-10-21)22-13-16-29(27,28)18-22/h1-11,13,16,22H,12,14-15,17-18H2. The third-order valence-corrected chi connectivity index (χ3v) is 6.72. The molecule has 2 aliphatic rings. The highest BCUT2D eigenvalue weighted by molar-refractivity contribution is 7.94. The molecule has 1 atom stereocenters. The van der Waals surface area contributed by atoms with Crippen LogP contribution in [0.15, 0.2) is 78.2 Å². The lowest BCUT2D eigenvalue weighted by Crippen LogP contribution is -2.47. The number of benzene rings is 2. The van der Waals surface area contributed by atoms with Gasteiger partial charge in [0.2, 0.25) is 5.91 Å². The van der Waals surface area contributed by atoms with Crippen molar-refractivity contribution in [2.24, 2.45) is 0 Å². The summed E-state index contributed by atoms with van der Waals surface area (Å²) in [5.41, 5.74) is 3.26. The Balaban J connectivity index is 1.48. The molecule has 0 N–H and O–H groups in total. The Kier molecular flexibility index (Phi) is 5.65. The van der Waals surface area contributed by atoms with E-state index in [1.807, 2.05) is 48.5 Å². The van der Waals surface area contributed by atoms with Gasteiger partial charge in [-0.15, -0.1) is 0 Å². The molecule has 2 aromatic rings. The van der Waals surface area contributed by atoms with E-state index >= 15 is 0 Å². The number of anilines is 1. The van der Waals surface area contributed by atoms with Crippen molar-refractivity contribution in [3.8, 4) is 0 Å². The molecule has 1 amide bonds. The Labute approximate surface area is 171 Å². The maximum absolute atomic E-state index is 13.2. The smallest absolute Gasteiger partial charge is 0.241 e. The number of hydrogen-bond acceptors (Lipinski definition) is 4. The summed E-state index contributed by atoms with van der Waals surface area (Å²) in [6.07, 6.45) is 4.68. The minimum Gasteiger partial charge on any atom is -0.303 e. The van der Waals surface area contributed by atoms with E-state index in [-0.39, 0.29) is 18.2 Å². The van der Waals surface area contributed by atoms with E-state index in [1.54, 1.807) is 11.0 Å². The summed E-state index contributed by atoms with van der Waals surface area (Å²) < 4.78 is 23.8. The van der Waals surface area contributed by atoms with Crippen molar-refractivity contribution in [3.63, 3.8) is 0 Å². The summed E-state index contributed by atoms with van der Waals surface area (Å²) in [6.45, 7) is 1.77. The Morgan fingerprint density at radius 1 is 1.03 bits per heavy atom. The van der Waals surface area contributed by atoms with Gasteiger partial charge in [0, 0.05) is 24.2 Å². The molecule has 0 spiro atoms. The molecular formula is C23H24N2O3S. The van der Waals surface area contributed by atoms with Crippen molar-refractivity contribution >= 4 is 27.0 Å². The molecule has 0 saturated carbocycles. The number of amides is 1. The van der Waals surface area contributed by atoms with Gasteiger partial charge < -0.3 is 4.90 Å². The van der Waals surface area contributed by atoms with Crippen molar-refractivity contribution < 1.29 is 13.2 Å². The monoisotopic (exact) mass is 408 g/mol. The average Bonchev–Trinajstić information content (AvgIpc) is 3.09. The van der Waals surface area contributed by atoms with Crippen LogP contribution in [-0.2, 0) is 14.6 Å². The van der Waals surface area contributed by atoms with Crippen molar-refractivity contribution in [1.82, 2.24) is 4.90 Å². The van der Waals surface area contributed by atoms with Crippen LogP contribution in [0.25, 0.3) is 5.57 Å². The van der Waals surface area contributed by atoms with Crippen LogP contribution in [0.3, 0.4) is 0 Å². The summed E-state index contributed by atoms with van der Waals surface area (Å²) in [4.78, 5) is 16.9. The molecule has 29 heavy (non-hydrogen) atoms. The summed E-state index contributed by atoms with van der Waals surface area (Å²) in [5, 5.41) is 1.22. The summed E-state index contributed by atoms with van der Waals surface area (Å²) in [5.74, 6) is -0.148. The van der Waals surface area contributed by atoms with Crippen molar-refractivity contribution in [2.45, 2.75) is 12.5 Å². The Morgan fingerprint density at radius 2 is 1.72 bits per heavy atom. The zero-order chi connectivity index (χ0) is 20.3. The first-order valence-electron chi connectivity index (χ1n) is 9.77. The number of sulfone groups is 1. The van der Waals surface area contributed by atoms with E-state index in [0.29, 0.717) is 6.54 Å². The first-order chi connectivity index (χ1) is 14.0. The van der Waals surface area contributed by atoms with Gasteiger partial charge in [0.15, 0.2) is 9.84 Å². The fourth-order valence-electron chi connectivity index (χ4n) is 3.87. The van der Waals surface area contributed by atoms with Gasteiger partial charge >= 0.3 is 0 Å². The minimum absolute atomic E-state index is 0.0638. The van der Waals surface area contributed by atoms with Crippen LogP contribution in [0.5, 0.6) is 0 Å². The Morgan fingerprint density at radius 3 is 2.31 bits per heavy atom. The van der Waals surface area contributed by atoms with E-state index in [1.165, 1.54) is 16.5 Å². The lowest BCUT2D eigenvalue weighted by atomic mass is 9.99. The quantitative estimate of drug-likeness (QED) is 0.763. The Bertz CT molecular complexity index is 1030. The molecule has 6 heteroatoms. The van der Waals surface area contributed by atoms with Crippen molar-refractivity contribution in [3.05, 3.63) is 83.8 Å². The highest BCUT2D eigenvalue weighted by atomic mass is 32.2. The van der Waals surface area contributed by atoms with Crippen LogP contribution in [-0.4, -0.2) is 50.7 Å². The van der Waals surface area contributed by atoms with Crippen LogP contribution in [0.4, 0.5) is 5.69 Å². The van der Waals surface area contributed by atoms with E-state index in [0.717, 1.165) is 18.7 Å². The number of hydrogen-bond donors (Lipinski definition) is 0. The second-order valence-corrected chi connectivity index (χ2v) is 9.34. The van der Waals surface area contributed by atoms with Gasteiger partial charge in [-0.05, 0) is 35.8 Å². The highest BCUT2D eigenvalue weighted by Gasteiger charge is 2.32. The van der Waals surface area contributed by atoms with Crippen LogP contribution in [0, 0.1) is 0 Å². The molecular weight excluding hydrogens is 384 g/mol. The van der Waals surface area contributed by atoms with Crippen LogP contribution in [0.2, 0.25) is 0 Å². The van der Waals surface area contributed by atoms with E-state index in [2.05, 4.69) is 23.1 Å². The molecule has 0 radical (unpaired) electrons. The van der Waals surface area contributed by atoms with Gasteiger partial charge in [0.25, 0.3) is 0 Å². The third kappa shape index (κ3) is 4.66. The number of carbonyl (C=O) groups excluding carboxylic acids is 1. The molecule has 150 valence electrons. The molecule has 0 aromatic heterocycles. The van der Waals surface area contributed by atoms with Gasteiger partial charge in [0.1, 0.15) is 0 Å². The third-order valence-electron chi connectivity index (χ3n) is 5.34. The molecule has 2 heterocycles. The fraction of sp³-hybridized carbons (Fsp3) is 0.261. The van der Waals surface area contributed by atoms with E-state index in [9.17, 15) is 13.2 Å². The molecule has 0 bridgehead atoms. The SMILES string of the molecule is O=C(CN1CC=C(c2ccccc2)CC1)N(c1ccccc1)C1C=CS(=O)(=O)C1. The lowest BCUT2D eigenvalue weighted by Gasteiger charge is -2.32. The van der Waals surface area contributed by atoms with Crippen LogP contribution < -0.4 is 4.90 Å². The highest BCUT2D eigenvalue weighted by Crippen LogP contribution is 2.25. The number of rotatable bonds is 5. The molecule has 4 rings (SSSR count).